The molecule has 88 valence electrons. The third kappa shape index (κ3) is 2.60. The fourth-order valence-electron chi connectivity index (χ4n) is 1.59. The monoisotopic (exact) mass is 229 g/mol. The van der Waals surface area contributed by atoms with Crippen LogP contribution in [0, 0.1) is 6.92 Å². The summed E-state index contributed by atoms with van der Waals surface area (Å²) in [5.41, 5.74) is 19.8. The minimum atomic E-state index is 0.503. The molecule has 0 saturated carbocycles. The summed E-state index contributed by atoms with van der Waals surface area (Å²) in [6, 6.07) is 10.7. The van der Waals surface area contributed by atoms with Crippen LogP contribution in [0.25, 0.3) is 0 Å². The van der Waals surface area contributed by atoms with E-state index in [0.717, 1.165) is 5.56 Å². The predicted molar refractivity (Wildman–Crippen MR) is 70.9 cm³/mol. The second kappa shape index (κ2) is 4.25. The number of rotatable bonds is 2. The molecular weight excluding hydrogens is 214 g/mol. The van der Waals surface area contributed by atoms with E-state index in [2.05, 4.69) is 0 Å². The quantitative estimate of drug-likeness (QED) is 0.690. The smallest absolute Gasteiger partial charge is 0.129 e. The predicted octanol–water partition coefficient (Wildman–Crippen LogP) is 2.53. The van der Waals surface area contributed by atoms with Gasteiger partial charge in [-0.3, -0.25) is 0 Å². The lowest BCUT2D eigenvalue weighted by molar-refractivity contribution is 0.483. The van der Waals surface area contributed by atoms with Crippen LogP contribution in [0.1, 0.15) is 5.56 Å². The van der Waals surface area contributed by atoms with E-state index in [-0.39, 0.29) is 0 Å². The summed E-state index contributed by atoms with van der Waals surface area (Å²) in [6.45, 7) is 1.96. The van der Waals surface area contributed by atoms with Crippen LogP contribution in [0.15, 0.2) is 36.4 Å². The SMILES string of the molecule is Cc1cc(N)cc(Oc2ccc(N)c(N)c2)c1. The lowest BCUT2D eigenvalue weighted by Gasteiger charge is -2.09. The molecule has 2 aromatic carbocycles. The topological polar surface area (TPSA) is 87.3 Å². The summed E-state index contributed by atoms with van der Waals surface area (Å²) < 4.78 is 5.66. The van der Waals surface area contributed by atoms with Gasteiger partial charge < -0.3 is 21.9 Å². The summed E-state index contributed by atoms with van der Waals surface area (Å²) in [4.78, 5) is 0. The molecule has 0 fully saturated rings. The van der Waals surface area contributed by atoms with Gasteiger partial charge >= 0.3 is 0 Å². The fraction of sp³-hybridized carbons (Fsp3) is 0.0769. The molecule has 2 rings (SSSR count). The van der Waals surface area contributed by atoms with Crippen molar-refractivity contribution in [1.82, 2.24) is 0 Å². The molecule has 0 radical (unpaired) electrons. The fourth-order valence-corrected chi connectivity index (χ4v) is 1.59. The maximum atomic E-state index is 5.74. The number of aryl methyl sites for hydroxylation is 1. The van der Waals surface area contributed by atoms with E-state index in [1.54, 1.807) is 24.3 Å². The Morgan fingerprint density at radius 1 is 0.824 bits per heavy atom. The van der Waals surface area contributed by atoms with E-state index in [4.69, 9.17) is 21.9 Å². The highest BCUT2D eigenvalue weighted by atomic mass is 16.5. The van der Waals surface area contributed by atoms with Crippen LogP contribution in [0.5, 0.6) is 11.5 Å². The molecule has 0 aliphatic rings. The Kier molecular flexibility index (Phi) is 2.78. The van der Waals surface area contributed by atoms with Crippen molar-refractivity contribution in [3.05, 3.63) is 42.0 Å². The molecule has 0 spiro atoms. The first kappa shape index (κ1) is 11.1. The lowest BCUT2D eigenvalue weighted by atomic mass is 10.2. The molecular formula is C13H15N3O. The van der Waals surface area contributed by atoms with Crippen LogP contribution in [-0.2, 0) is 0 Å². The molecule has 0 saturated heterocycles. The van der Waals surface area contributed by atoms with Crippen LogP contribution < -0.4 is 21.9 Å². The molecule has 0 heterocycles. The number of benzene rings is 2. The van der Waals surface area contributed by atoms with Crippen LogP contribution in [-0.4, -0.2) is 0 Å². The molecule has 0 atom stereocenters. The number of hydrogen-bond acceptors (Lipinski definition) is 4. The van der Waals surface area contributed by atoms with Gasteiger partial charge in [0, 0.05) is 17.8 Å². The van der Waals surface area contributed by atoms with Crippen molar-refractivity contribution in [1.29, 1.82) is 0 Å². The molecule has 0 bridgehead atoms. The Balaban J connectivity index is 2.28. The Labute approximate surface area is 100.0 Å². The van der Waals surface area contributed by atoms with E-state index >= 15 is 0 Å². The van der Waals surface area contributed by atoms with E-state index in [1.807, 2.05) is 19.1 Å². The van der Waals surface area contributed by atoms with E-state index in [0.29, 0.717) is 28.6 Å². The van der Waals surface area contributed by atoms with Gasteiger partial charge in [0.2, 0.25) is 0 Å². The van der Waals surface area contributed by atoms with Crippen molar-refractivity contribution in [2.45, 2.75) is 6.92 Å². The normalized spacial score (nSPS) is 10.2. The standard InChI is InChI=1S/C13H15N3O/c1-8-4-9(14)6-11(5-8)17-10-2-3-12(15)13(16)7-10/h2-7H,14-16H2,1H3. The third-order valence-corrected chi connectivity index (χ3v) is 2.37. The third-order valence-electron chi connectivity index (χ3n) is 2.37. The van der Waals surface area contributed by atoms with Crippen molar-refractivity contribution in [3.63, 3.8) is 0 Å². The Morgan fingerprint density at radius 2 is 1.59 bits per heavy atom. The average Bonchev–Trinajstić information content (AvgIpc) is 2.22. The second-order valence-electron chi connectivity index (χ2n) is 3.97. The molecule has 2 aromatic rings. The molecule has 0 aromatic heterocycles. The van der Waals surface area contributed by atoms with Gasteiger partial charge in [-0.1, -0.05) is 0 Å². The molecule has 17 heavy (non-hydrogen) atoms. The average molecular weight is 229 g/mol. The second-order valence-corrected chi connectivity index (χ2v) is 3.97. The first-order chi connectivity index (χ1) is 8.04. The molecule has 0 aliphatic heterocycles. The Morgan fingerprint density at radius 3 is 2.24 bits per heavy atom. The summed E-state index contributed by atoms with van der Waals surface area (Å²) in [7, 11) is 0. The molecule has 0 unspecified atom stereocenters. The zero-order valence-electron chi connectivity index (χ0n) is 9.60. The zero-order chi connectivity index (χ0) is 12.4. The molecule has 4 nitrogen and oxygen atoms in total. The van der Waals surface area contributed by atoms with Gasteiger partial charge in [-0.2, -0.15) is 0 Å². The number of nitrogens with two attached hydrogens (primary N) is 3. The van der Waals surface area contributed by atoms with Crippen LogP contribution in [0.4, 0.5) is 17.1 Å². The van der Waals surface area contributed by atoms with Crippen molar-refractivity contribution in [2.75, 3.05) is 17.2 Å². The highest BCUT2D eigenvalue weighted by Gasteiger charge is 2.02. The Bertz CT molecular complexity index is 532. The van der Waals surface area contributed by atoms with E-state index < -0.39 is 0 Å². The summed E-state index contributed by atoms with van der Waals surface area (Å²) in [5.74, 6) is 1.33. The first-order valence-electron chi connectivity index (χ1n) is 5.24. The van der Waals surface area contributed by atoms with Gasteiger partial charge in [0.15, 0.2) is 0 Å². The van der Waals surface area contributed by atoms with Gasteiger partial charge in [0.25, 0.3) is 0 Å². The highest BCUT2D eigenvalue weighted by Crippen LogP contribution is 2.28. The van der Waals surface area contributed by atoms with E-state index in [1.165, 1.54) is 0 Å². The minimum Gasteiger partial charge on any atom is -0.457 e. The first-order valence-corrected chi connectivity index (χ1v) is 5.24. The molecule has 4 heteroatoms. The van der Waals surface area contributed by atoms with Crippen LogP contribution >= 0.6 is 0 Å². The maximum Gasteiger partial charge on any atom is 0.129 e. The van der Waals surface area contributed by atoms with Crippen molar-refractivity contribution < 1.29 is 4.74 Å². The zero-order valence-corrected chi connectivity index (χ0v) is 9.60. The molecule has 6 N–H and O–H groups in total. The van der Waals surface area contributed by atoms with Crippen LogP contribution in [0.3, 0.4) is 0 Å². The lowest BCUT2D eigenvalue weighted by Crippen LogP contribution is -1.95. The number of nitrogen functional groups attached to an aromatic ring is 3. The largest absolute Gasteiger partial charge is 0.457 e. The van der Waals surface area contributed by atoms with Crippen molar-refractivity contribution in [3.8, 4) is 11.5 Å². The highest BCUT2D eigenvalue weighted by molar-refractivity contribution is 5.65. The van der Waals surface area contributed by atoms with Gasteiger partial charge in [0.1, 0.15) is 11.5 Å². The van der Waals surface area contributed by atoms with Gasteiger partial charge in [-0.05, 0) is 36.8 Å². The van der Waals surface area contributed by atoms with Gasteiger partial charge in [0.05, 0.1) is 11.4 Å². The number of ether oxygens (including phenoxy) is 1. The summed E-state index contributed by atoms with van der Waals surface area (Å²) in [5, 5.41) is 0. The van der Waals surface area contributed by atoms with E-state index in [9.17, 15) is 0 Å². The minimum absolute atomic E-state index is 0.503. The van der Waals surface area contributed by atoms with Gasteiger partial charge in [-0.25, -0.2) is 0 Å². The molecule has 0 aliphatic carbocycles. The number of hydrogen-bond donors (Lipinski definition) is 3. The number of anilines is 3. The molecule has 0 amide bonds. The Hall–Kier alpha value is -2.36. The van der Waals surface area contributed by atoms with Crippen molar-refractivity contribution in [2.24, 2.45) is 0 Å². The van der Waals surface area contributed by atoms with Crippen molar-refractivity contribution >= 4 is 17.1 Å². The summed E-state index contributed by atoms with van der Waals surface area (Å²) in [6.07, 6.45) is 0. The maximum absolute atomic E-state index is 5.74. The summed E-state index contributed by atoms with van der Waals surface area (Å²) >= 11 is 0. The van der Waals surface area contributed by atoms with Crippen LogP contribution in [0.2, 0.25) is 0 Å². The van der Waals surface area contributed by atoms with Gasteiger partial charge in [-0.15, -0.1) is 0 Å².